The fraction of sp³-hybridized carbons (Fsp3) is 0.343. The number of nitrogens with one attached hydrogen (secondary N) is 2. The van der Waals surface area contributed by atoms with Crippen LogP contribution in [-0.4, -0.2) is 53.6 Å². The van der Waals surface area contributed by atoms with Gasteiger partial charge in [0.15, 0.2) is 0 Å². The number of halogens is 2. The molecule has 4 heterocycles. The van der Waals surface area contributed by atoms with E-state index >= 15 is 0 Å². The van der Waals surface area contributed by atoms with Crippen molar-refractivity contribution in [1.29, 1.82) is 0 Å². The minimum atomic E-state index is -0.383. The zero-order chi connectivity index (χ0) is 30.9. The first-order chi connectivity index (χ1) is 21.9. The van der Waals surface area contributed by atoms with Crippen molar-refractivity contribution in [2.75, 3.05) is 42.2 Å². The van der Waals surface area contributed by atoms with Crippen molar-refractivity contribution in [2.45, 2.75) is 50.3 Å². The summed E-state index contributed by atoms with van der Waals surface area (Å²) >= 11 is 5.86. The van der Waals surface area contributed by atoms with Crippen LogP contribution in [0.15, 0.2) is 72.9 Å². The number of likely N-dealkylation sites (N-methyl/N-ethyl adjacent to an activating group) is 1. The number of amides is 1. The van der Waals surface area contributed by atoms with Gasteiger partial charge in [0.25, 0.3) is 5.91 Å². The highest BCUT2D eigenvalue weighted by atomic mass is 35.5. The molecule has 1 unspecified atom stereocenters. The number of carbonyl (C=O) groups is 1. The van der Waals surface area contributed by atoms with E-state index in [4.69, 9.17) is 21.3 Å². The predicted molar refractivity (Wildman–Crippen MR) is 175 cm³/mol. The summed E-state index contributed by atoms with van der Waals surface area (Å²) in [5.41, 5.74) is 5.97. The lowest BCUT2D eigenvalue weighted by molar-refractivity contribution is 0.102. The van der Waals surface area contributed by atoms with Crippen LogP contribution in [-0.2, 0) is 6.61 Å². The molecule has 0 bridgehead atoms. The van der Waals surface area contributed by atoms with E-state index in [1.807, 2.05) is 36.4 Å². The third kappa shape index (κ3) is 6.74. The van der Waals surface area contributed by atoms with Gasteiger partial charge in [-0.25, -0.2) is 9.37 Å². The average Bonchev–Trinajstić information content (AvgIpc) is 3.86. The third-order valence-electron chi connectivity index (χ3n) is 9.04. The summed E-state index contributed by atoms with van der Waals surface area (Å²) in [5.74, 6) is 0.868. The Balaban J connectivity index is 0.906. The fourth-order valence-electron chi connectivity index (χ4n) is 6.20. The first kappa shape index (κ1) is 29.5. The van der Waals surface area contributed by atoms with E-state index in [0.717, 1.165) is 60.9 Å². The van der Waals surface area contributed by atoms with Gasteiger partial charge >= 0.3 is 0 Å². The van der Waals surface area contributed by atoms with Crippen molar-refractivity contribution in [3.05, 3.63) is 106 Å². The molecular weight excluding hydrogens is 591 g/mol. The minimum Gasteiger partial charge on any atom is -0.473 e. The Morgan fingerprint density at radius 1 is 1.02 bits per heavy atom. The maximum Gasteiger partial charge on any atom is 0.257 e. The molecule has 1 saturated carbocycles. The molecule has 3 aliphatic rings. The van der Waals surface area contributed by atoms with Gasteiger partial charge in [0.2, 0.25) is 5.88 Å². The lowest BCUT2D eigenvalue weighted by atomic mass is 9.93. The lowest BCUT2D eigenvalue weighted by Crippen LogP contribution is -2.46. The number of piperidine rings is 1. The summed E-state index contributed by atoms with van der Waals surface area (Å²) in [6.07, 6.45) is 6.18. The van der Waals surface area contributed by atoms with Crippen molar-refractivity contribution in [3.8, 4) is 5.88 Å². The molecule has 45 heavy (non-hydrogen) atoms. The van der Waals surface area contributed by atoms with E-state index in [1.54, 1.807) is 18.3 Å². The maximum atomic E-state index is 14.1. The van der Waals surface area contributed by atoms with Crippen LogP contribution in [0.5, 0.6) is 5.88 Å². The number of nitrogens with zero attached hydrogens (tertiary/aromatic N) is 4. The molecule has 10 heteroatoms. The summed E-state index contributed by atoms with van der Waals surface area (Å²) in [7, 11) is 2.10. The average molecular weight is 627 g/mol. The SMILES string of the molecule is CN1c2ccc(NC(=O)c3ccc(C4CC4)nc3)cc2NC1CN1CCC(c2cccc(OCc3ccc(Cl)cc3F)n2)CC1. The van der Waals surface area contributed by atoms with E-state index in [2.05, 4.69) is 44.6 Å². The van der Waals surface area contributed by atoms with Crippen molar-refractivity contribution in [2.24, 2.45) is 0 Å². The highest BCUT2D eigenvalue weighted by Gasteiger charge is 2.30. The van der Waals surface area contributed by atoms with E-state index in [-0.39, 0.29) is 24.5 Å². The van der Waals surface area contributed by atoms with Crippen LogP contribution in [0.1, 0.15) is 64.8 Å². The molecule has 2 aromatic carbocycles. The molecule has 1 saturated heterocycles. The van der Waals surface area contributed by atoms with Crippen LogP contribution >= 0.6 is 11.6 Å². The molecule has 0 spiro atoms. The molecule has 8 nitrogen and oxygen atoms in total. The summed E-state index contributed by atoms with van der Waals surface area (Å²) in [4.78, 5) is 26.8. The molecule has 1 amide bonds. The predicted octanol–water partition coefficient (Wildman–Crippen LogP) is 7.05. The highest BCUT2D eigenvalue weighted by molar-refractivity contribution is 6.30. The second-order valence-corrected chi connectivity index (χ2v) is 12.6. The highest BCUT2D eigenvalue weighted by Crippen LogP contribution is 2.39. The summed E-state index contributed by atoms with van der Waals surface area (Å²) in [6.45, 7) is 2.90. The van der Waals surface area contributed by atoms with Gasteiger partial charge in [0.05, 0.1) is 16.9 Å². The number of aromatic nitrogens is 2. The number of likely N-dealkylation sites (tertiary alicyclic amines) is 1. The zero-order valence-corrected chi connectivity index (χ0v) is 25.9. The van der Waals surface area contributed by atoms with E-state index in [0.29, 0.717) is 33.9 Å². The lowest BCUT2D eigenvalue weighted by Gasteiger charge is -2.35. The van der Waals surface area contributed by atoms with Gasteiger partial charge in [0.1, 0.15) is 18.6 Å². The molecule has 7 rings (SSSR count). The van der Waals surface area contributed by atoms with Crippen molar-refractivity contribution >= 4 is 34.6 Å². The molecule has 0 radical (unpaired) electrons. The smallest absolute Gasteiger partial charge is 0.257 e. The Morgan fingerprint density at radius 2 is 1.84 bits per heavy atom. The Kier molecular flexibility index (Phi) is 8.29. The van der Waals surface area contributed by atoms with Crippen LogP contribution in [0, 0.1) is 5.82 Å². The number of fused-ring (bicyclic) bond motifs is 1. The van der Waals surface area contributed by atoms with Crippen molar-refractivity contribution in [1.82, 2.24) is 14.9 Å². The monoisotopic (exact) mass is 626 g/mol. The molecule has 2 aliphatic heterocycles. The molecule has 2 fully saturated rings. The number of benzene rings is 2. The van der Waals surface area contributed by atoms with Crippen LogP contribution in [0.25, 0.3) is 0 Å². The first-order valence-electron chi connectivity index (χ1n) is 15.6. The summed E-state index contributed by atoms with van der Waals surface area (Å²) in [6, 6.07) is 20.2. The van der Waals surface area contributed by atoms with Gasteiger partial charge < -0.3 is 20.3 Å². The fourth-order valence-corrected chi connectivity index (χ4v) is 6.36. The number of carbonyl (C=O) groups excluding carboxylic acids is 1. The number of anilines is 3. The van der Waals surface area contributed by atoms with E-state index in [9.17, 15) is 9.18 Å². The topological polar surface area (TPSA) is 82.6 Å². The number of hydrogen-bond acceptors (Lipinski definition) is 7. The van der Waals surface area contributed by atoms with Gasteiger partial charge in [-0.05, 0) is 87.3 Å². The van der Waals surface area contributed by atoms with Gasteiger partial charge in [-0.2, -0.15) is 0 Å². The number of hydrogen-bond donors (Lipinski definition) is 2. The third-order valence-corrected chi connectivity index (χ3v) is 9.28. The van der Waals surface area contributed by atoms with E-state index in [1.165, 1.54) is 18.9 Å². The van der Waals surface area contributed by atoms with Crippen molar-refractivity contribution in [3.63, 3.8) is 0 Å². The quantitative estimate of drug-likeness (QED) is 0.206. The first-order valence-corrected chi connectivity index (χ1v) is 15.9. The van der Waals surface area contributed by atoms with Gasteiger partial charge in [-0.1, -0.05) is 23.7 Å². The zero-order valence-electron chi connectivity index (χ0n) is 25.2. The number of pyridine rings is 2. The molecule has 2 aromatic heterocycles. The standard InChI is InChI=1S/C35H36ClFN6O2/c1-42-32-12-10-27(39-35(44)24-8-11-29(38-19-24)22-5-6-22)18-31(32)40-33(42)20-43-15-13-23(14-16-43)30-3-2-4-34(41-30)45-21-25-7-9-26(36)17-28(25)37/h2-4,7-12,17-19,22-23,33,40H,5-6,13-16,20-21H2,1H3,(H,39,44). The molecule has 4 aromatic rings. The Hall–Kier alpha value is -4.21. The van der Waals surface area contributed by atoms with Gasteiger partial charge in [0, 0.05) is 65.4 Å². The number of ether oxygens (including phenoxy) is 1. The largest absolute Gasteiger partial charge is 0.473 e. The van der Waals surface area contributed by atoms with Crippen LogP contribution < -0.4 is 20.3 Å². The molecular formula is C35H36ClFN6O2. The van der Waals surface area contributed by atoms with Crippen LogP contribution in [0.3, 0.4) is 0 Å². The second kappa shape index (κ2) is 12.7. The van der Waals surface area contributed by atoms with E-state index < -0.39 is 0 Å². The molecule has 1 atom stereocenters. The Bertz CT molecular complexity index is 1690. The van der Waals surface area contributed by atoms with Gasteiger partial charge in [-0.3, -0.25) is 14.7 Å². The number of rotatable bonds is 9. The van der Waals surface area contributed by atoms with Gasteiger partial charge in [-0.15, -0.1) is 0 Å². The Morgan fingerprint density at radius 3 is 2.60 bits per heavy atom. The molecule has 2 N–H and O–H groups in total. The molecule has 232 valence electrons. The maximum absolute atomic E-state index is 14.1. The second-order valence-electron chi connectivity index (χ2n) is 12.2. The molecule has 1 aliphatic carbocycles. The summed E-state index contributed by atoms with van der Waals surface area (Å²) < 4.78 is 20.0. The Labute approximate surface area is 267 Å². The minimum absolute atomic E-state index is 0.0989. The van der Waals surface area contributed by atoms with Crippen LogP contribution in [0.2, 0.25) is 5.02 Å². The summed E-state index contributed by atoms with van der Waals surface area (Å²) in [5, 5.41) is 7.04. The van der Waals surface area contributed by atoms with Crippen molar-refractivity contribution < 1.29 is 13.9 Å². The normalized spacial score (nSPS) is 18.4. The van der Waals surface area contributed by atoms with Crippen LogP contribution in [0.4, 0.5) is 21.5 Å².